The van der Waals surface area contributed by atoms with E-state index in [2.05, 4.69) is 6.08 Å². The zero-order valence-electron chi connectivity index (χ0n) is 10.9. The van der Waals surface area contributed by atoms with Gasteiger partial charge in [-0.3, -0.25) is 0 Å². The van der Waals surface area contributed by atoms with Gasteiger partial charge in [-0.15, -0.1) is 0 Å². The highest BCUT2D eigenvalue weighted by Crippen LogP contribution is 2.28. The fraction of sp³-hybridized carbons (Fsp3) is 0.867. The number of rotatable bonds is 5. The monoisotopic (exact) mass is 238 g/mol. The Bertz CT molecular complexity index is 243. The van der Waals surface area contributed by atoms with E-state index in [0.717, 1.165) is 51.2 Å². The molecule has 0 aromatic heterocycles. The molecule has 0 aromatic rings. The number of unbranched alkanes of at least 4 members (excludes halogenated alkanes) is 1. The molecule has 17 heavy (non-hydrogen) atoms. The molecule has 1 saturated heterocycles. The van der Waals surface area contributed by atoms with Gasteiger partial charge in [-0.2, -0.15) is 0 Å². The lowest BCUT2D eigenvalue weighted by molar-refractivity contribution is 0.0549. The maximum absolute atomic E-state index is 10.3. The Morgan fingerprint density at radius 2 is 2.06 bits per heavy atom. The van der Waals surface area contributed by atoms with Crippen LogP contribution >= 0.6 is 0 Å². The van der Waals surface area contributed by atoms with Crippen LogP contribution in [-0.4, -0.2) is 23.9 Å². The Labute approximate surface area is 105 Å². The van der Waals surface area contributed by atoms with Crippen molar-refractivity contribution in [1.29, 1.82) is 0 Å². The molecular weight excluding hydrogens is 212 g/mol. The fourth-order valence-corrected chi connectivity index (χ4v) is 3.02. The first-order chi connectivity index (χ1) is 8.29. The van der Waals surface area contributed by atoms with Crippen molar-refractivity contribution in [3.8, 4) is 0 Å². The zero-order valence-corrected chi connectivity index (χ0v) is 10.9. The summed E-state index contributed by atoms with van der Waals surface area (Å²) in [5.41, 5.74) is -0.478. The normalized spacial score (nSPS) is 30.6. The number of hydrogen-bond acceptors (Lipinski definition) is 2. The molecule has 1 N–H and O–H groups in total. The third-order valence-electron chi connectivity index (χ3n) is 4.22. The lowest BCUT2D eigenvalue weighted by Crippen LogP contribution is -2.27. The summed E-state index contributed by atoms with van der Waals surface area (Å²) in [7, 11) is 0. The number of hydrogen-bond donors (Lipinski definition) is 1. The minimum atomic E-state index is -0.478. The molecule has 1 heterocycles. The second kappa shape index (κ2) is 6.55. The van der Waals surface area contributed by atoms with Crippen molar-refractivity contribution < 1.29 is 9.84 Å². The molecular formula is C15H26O2. The van der Waals surface area contributed by atoms with E-state index in [1.54, 1.807) is 0 Å². The molecule has 0 radical (unpaired) electrons. The Morgan fingerprint density at radius 1 is 1.24 bits per heavy atom. The predicted molar refractivity (Wildman–Crippen MR) is 70.0 cm³/mol. The van der Waals surface area contributed by atoms with Crippen LogP contribution in [-0.2, 0) is 4.74 Å². The van der Waals surface area contributed by atoms with Gasteiger partial charge in [0.1, 0.15) is 0 Å². The van der Waals surface area contributed by atoms with Crippen molar-refractivity contribution in [1.82, 2.24) is 0 Å². The average Bonchev–Trinajstić information content (AvgIpc) is 2.37. The minimum absolute atomic E-state index is 0.478. The van der Waals surface area contributed by atoms with E-state index in [0.29, 0.717) is 0 Å². The molecule has 2 rings (SSSR count). The summed E-state index contributed by atoms with van der Waals surface area (Å²) in [6, 6.07) is 0. The Hall–Kier alpha value is -0.340. The van der Waals surface area contributed by atoms with Gasteiger partial charge in [0.05, 0.1) is 5.60 Å². The van der Waals surface area contributed by atoms with Gasteiger partial charge in [-0.05, 0) is 44.4 Å². The molecule has 2 nitrogen and oxygen atoms in total. The largest absolute Gasteiger partial charge is 0.386 e. The Kier molecular flexibility index (Phi) is 5.05. The molecule has 1 unspecified atom stereocenters. The van der Waals surface area contributed by atoms with Gasteiger partial charge in [-0.1, -0.05) is 31.4 Å². The van der Waals surface area contributed by atoms with Crippen LogP contribution < -0.4 is 0 Å². The van der Waals surface area contributed by atoms with Crippen molar-refractivity contribution in [2.45, 2.75) is 63.4 Å². The summed E-state index contributed by atoms with van der Waals surface area (Å²) in [5, 5.41) is 10.3. The van der Waals surface area contributed by atoms with Crippen LogP contribution in [0.5, 0.6) is 0 Å². The summed E-state index contributed by atoms with van der Waals surface area (Å²) in [6.45, 7) is 1.91. The molecule has 0 bridgehead atoms. The van der Waals surface area contributed by atoms with Gasteiger partial charge < -0.3 is 9.84 Å². The van der Waals surface area contributed by atoms with E-state index in [9.17, 15) is 5.11 Å². The smallest absolute Gasteiger partial charge is 0.0827 e. The second-order valence-electron chi connectivity index (χ2n) is 5.70. The van der Waals surface area contributed by atoms with Crippen LogP contribution in [0, 0.1) is 5.92 Å². The topological polar surface area (TPSA) is 29.5 Å². The van der Waals surface area contributed by atoms with Crippen molar-refractivity contribution >= 4 is 0 Å². The molecule has 0 amide bonds. The van der Waals surface area contributed by atoms with Gasteiger partial charge >= 0.3 is 0 Å². The van der Waals surface area contributed by atoms with Crippen molar-refractivity contribution in [3.05, 3.63) is 12.2 Å². The molecule has 1 aliphatic heterocycles. The van der Waals surface area contributed by atoms with Gasteiger partial charge in [0.25, 0.3) is 0 Å². The summed E-state index contributed by atoms with van der Waals surface area (Å²) in [5.74, 6) is 0.875. The first-order valence-electron chi connectivity index (χ1n) is 7.26. The summed E-state index contributed by atoms with van der Waals surface area (Å²) >= 11 is 0. The molecule has 0 aromatic carbocycles. The van der Waals surface area contributed by atoms with Crippen molar-refractivity contribution in [2.24, 2.45) is 5.92 Å². The standard InChI is InChI=1S/C15H26O2/c16-15(9-3-1-4-10-15)11-5-2-6-14-7-12-17-13-8-14/h3,9,14,16H,1-2,4-8,10-13H2. The molecule has 2 heteroatoms. The van der Waals surface area contributed by atoms with Crippen LogP contribution in [0.4, 0.5) is 0 Å². The van der Waals surface area contributed by atoms with Gasteiger partial charge in [-0.25, -0.2) is 0 Å². The van der Waals surface area contributed by atoms with Gasteiger partial charge in [0.2, 0.25) is 0 Å². The number of aliphatic hydroxyl groups is 1. The van der Waals surface area contributed by atoms with Crippen LogP contribution in [0.3, 0.4) is 0 Å². The van der Waals surface area contributed by atoms with E-state index in [1.165, 1.54) is 25.7 Å². The second-order valence-corrected chi connectivity index (χ2v) is 5.70. The van der Waals surface area contributed by atoms with Crippen LogP contribution in [0.2, 0.25) is 0 Å². The molecule has 98 valence electrons. The highest BCUT2D eigenvalue weighted by molar-refractivity contribution is 5.04. The Balaban J connectivity index is 1.59. The maximum Gasteiger partial charge on any atom is 0.0827 e. The van der Waals surface area contributed by atoms with E-state index in [4.69, 9.17) is 4.74 Å². The molecule has 1 fully saturated rings. The van der Waals surface area contributed by atoms with E-state index >= 15 is 0 Å². The van der Waals surface area contributed by atoms with Gasteiger partial charge in [0, 0.05) is 13.2 Å². The predicted octanol–water partition coefficient (Wildman–Crippen LogP) is 3.44. The molecule has 0 spiro atoms. The minimum Gasteiger partial charge on any atom is -0.386 e. The first-order valence-corrected chi connectivity index (χ1v) is 7.26. The lowest BCUT2D eigenvalue weighted by Gasteiger charge is -2.28. The van der Waals surface area contributed by atoms with E-state index in [-0.39, 0.29) is 0 Å². The quantitative estimate of drug-likeness (QED) is 0.587. The SMILES string of the molecule is OC1(CCCCC2CCOCC2)C=CCCC1. The van der Waals surface area contributed by atoms with E-state index < -0.39 is 5.60 Å². The Morgan fingerprint density at radius 3 is 2.76 bits per heavy atom. The van der Waals surface area contributed by atoms with Crippen molar-refractivity contribution in [2.75, 3.05) is 13.2 Å². The molecule has 1 aliphatic carbocycles. The molecule has 0 saturated carbocycles. The zero-order chi connectivity index (χ0) is 12.0. The molecule has 1 atom stereocenters. The summed E-state index contributed by atoms with van der Waals surface area (Å²) in [6.07, 6.45) is 14.6. The van der Waals surface area contributed by atoms with Gasteiger partial charge in [0.15, 0.2) is 0 Å². The first kappa shape index (κ1) is 13.1. The van der Waals surface area contributed by atoms with Crippen LogP contribution in [0.15, 0.2) is 12.2 Å². The highest BCUT2D eigenvalue weighted by Gasteiger charge is 2.24. The van der Waals surface area contributed by atoms with E-state index in [1.807, 2.05) is 6.08 Å². The highest BCUT2D eigenvalue weighted by atomic mass is 16.5. The third-order valence-corrected chi connectivity index (χ3v) is 4.22. The average molecular weight is 238 g/mol. The fourth-order valence-electron chi connectivity index (χ4n) is 3.02. The third kappa shape index (κ3) is 4.44. The molecule has 2 aliphatic rings. The number of ether oxygens (including phenoxy) is 1. The van der Waals surface area contributed by atoms with Crippen LogP contribution in [0.25, 0.3) is 0 Å². The summed E-state index contributed by atoms with van der Waals surface area (Å²) in [4.78, 5) is 0. The summed E-state index contributed by atoms with van der Waals surface area (Å²) < 4.78 is 5.37. The lowest BCUT2D eigenvalue weighted by atomic mass is 9.85. The van der Waals surface area contributed by atoms with Crippen molar-refractivity contribution in [3.63, 3.8) is 0 Å². The maximum atomic E-state index is 10.3. The number of allylic oxidation sites excluding steroid dienone is 1. The van der Waals surface area contributed by atoms with Crippen LogP contribution in [0.1, 0.15) is 57.8 Å².